The molecule has 7 N–H and O–H groups in total. The maximum absolute atomic E-state index is 10.6. The van der Waals surface area contributed by atoms with Crippen molar-refractivity contribution in [1.29, 1.82) is 0 Å². The summed E-state index contributed by atoms with van der Waals surface area (Å²) < 4.78 is 21.7. The van der Waals surface area contributed by atoms with Crippen LogP contribution in [0.2, 0.25) is 0 Å². The predicted octanol–water partition coefficient (Wildman–Crippen LogP) is -3.31. The monoisotopic (exact) mass is 418 g/mol. The van der Waals surface area contributed by atoms with Gasteiger partial charge in [0.1, 0.15) is 54.6 Å². The standard InChI is InChI=1S/C18H26O11/c19-6-9-11(21)13(23)14(24)17(27-9)29-16-12(22)10(7-20)28-18(15(16)25)26-8-4-2-1-3-5-8/h1-5,9-25H,6-7H2/t9-,10-,11-,12-,13+,14+,15+,16+,17-,18+/m1/s1. The fourth-order valence-electron chi connectivity index (χ4n) is 3.28. The first-order chi connectivity index (χ1) is 13.9. The third-order valence-corrected chi connectivity index (χ3v) is 4.96. The highest BCUT2D eigenvalue weighted by Crippen LogP contribution is 2.30. The lowest BCUT2D eigenvalue weighted by Crippen LogP contribution is -2.65. The Bertz CT molecular complexity index is 629. The summed E-state index contributed by atoms with van der Waals surface area (Å²) in [6, 6.07) is 8.39. The molecule has 2 saturated heterocycles. The molecule has 1 aromatic rings. The molecule has 11 heteroatoms. The lowest BCUT2D eigenvalue weighted by atomic mass is 9.97. The van der Waals surface area contributed by atoms with Gasteiger partial charge in [-0.05, 0) is 12.1 Å². The van der Waals surface area contributed by atoms with Crippen LogP contribution in [0.25, 0.3) is 0 Å². The molecule has 2 aliphatic heterocycles. The highest BCUT2D eigenvalue weighted by Gasteiger charge is 2.51. The van der Waals surface area contributed by atoms with Gasteiger partial charge in [0.25, 0.3) is 0 Å². The number of hydrogen-bond donors (Lipinski definition) is 7. The van der Waals surface area contributed by atoms with Crippen molar-refractivity contribution < 1.29 is 54.7 Å². The van der Waals surface area contributed by atoms with Gasteiger partial charge < -0.3 is 54.7 Å². The van der Waals surface area contributed by atoms with Gasteiger partial charge in [0.15, 0.2) is 6.29 Å². The molecule has 0 spiro atoms. The van der Waals surface area contributed by atoms with Gasteiger partial charge in [-0.15, -0.1) is 0 Å². The molecule has 3 rings (SSSR count). The van der Waals surface area contributed by atoms with Gasteiger partial charge in [0.2, 0.25) is 6.29 Å². The Kier molecular flexibility index (Phi) is 7.40. The van der Waals surface area contributed by atoms with Gasteiger partial charge in [-0.25, -0.2) is 0 Å². The molecule has 11 nitrogen and oxygen atoms in total. The van der Waals surface area contributed by atoms with E-state index in [4.69, 9.17) is 18.9 Å². The Hall–Kier alpha value is -1.38. The first-order valence-electron chi connectivity index (χ1n) is 9.17. The van der Waals surface area contributed by atoms with Crippen molar-refractivity contribution in [2.24, 2.45) is 0 Å². The average Bonchev–Trinajstić information content (AvgIpc) is 2.73. The second-order valence-electron chi connectivity index (χ2n) is 6.94. The summed E-state index contributed by atoms with van der Waals surface area (Å²) in [6.07, 6.45) is -14.9. The molecule has 10 atom stereocenters. The minimum absolute atomic E-state index is 0.358. The third kappa shape index (κ3) is 4.70. The molecule has 2 aliphatic rings. The topological polar surface area (TPSA) is 179 Å². The van der Waals surface area contributed by atoms with Crippen LogP contribution in [0.1, 0.15) is 0 Å². The SMILES string of the molecule is OC[C@H]1O[C@H](O[C@@H]2[C@H](O)[C@@H](Oc3ccccc3)O[C@H](CO)[C@H]2O)[C@@H](O)[C@@H](O)[C@@H]1O. The molecule has 0 aromatic heterocycles. The largest absolute Gasteiger partial charge is 0.462 e. The maximum atomic E-state index is 10.6. The highest BCUT2D eigenvalue weighted by atomic mass is 16.7. The summed E-state index contributed by atoms with van der Waals surface area (Å²) in [5, 5.41) is 69.7. The van der Waals surface area contributed by atoms with Crippen LogP contribution in [0, 0.1) is 0 Å². The van der Waals surface area contributed by atoms with E-state index in [2.05, 4.69) is 0 Å². The third-order valence-electron chi connectivity index (χ3n) is 4.96. The van der Waals surface area contributed by atoms with Gasteiger partial charge in [0, 0.05) is 0 Å². The Labute approximate surface area is 166 Å². The Morgan fingerprint density at radius 1 is 0.690 bits per heavy atom. The lowest BCUT2D eigenvalue weighted by Gasteiger charge is -2.45. The summed E-state index contributed by atoms with van der Waals surface area (Å²) in [5.74, 6) is 0.358. The van der Waals surface area contributed by atoms with E-state index >= 15 is 0 Å². The van der Waals surface area contributed by atoms with Crippen LogP contribution in [0.3, 0.4) is 0 Å². The molecule has 0 radical (unpaired) electrons. The first-order valence-corrected chi connectivity index (χ1v) is 9.17. The van der Waals surface area contributed by atoms with E-state index in [1.54, 1.807) is 30.3 Å². The van der Waals surface area contributed by atoms with Gasteiger partial charge in [-0.2, -0.15) is 0 Å². The molecule has 0 amide bonds. The number of benzene rings is 1. The number of rotatable bonds is 6. The average molecular weight is 418 g/mol. The Morgan fingerprint density at radius 3 is 1.90 bits per heavy atom. The van der Waals surface area contributed by atoms with Gasteiger partial charge >= 0.3 is 0 Å². The van der Waals surface area contributed by atoms with Crippen LogP contribution in [-0.4, -0.2) is 110 Å². The van der Waals surface area contributed by atoms with Crippen molar-refractivity contribution in [3.63, 3.8) is 0 Å². The molecule has 0 unspecified atom stereocenters. The number of hydrogen-bond acceptors (Lipinski definition) is 11. The van der Waals surface area contributed by atoms with Crippen molar-refractivity contribution in [2.75, 3.05) is 13.2 Å². The summed E-state index contributed by atoms with van der Waals surface area (Å²) in [4.78, 5) is 0. The Balaban J connectivity index is 1.76. The summed E-state index contributed by atoms with van der Waals surface area (Å²) >= 11 is 0. The van der Waals surface area contributed by atoms with E-state index < -0.39 is 74.6 Å². The van der Waals surface area contributed by atoms with E-state index in [0.29, 0.717) is 5.75 Å². The maximum Gasteiger partial charge on any atom is 0.229 e. The first kappa shape index (κ1) is 22.3. The number of ether oxygens (including phenoxy) is 4. The molecular formula is C18H26O11. The van der Waals surface area contributed by atoms with E-state index in [1.807, 2.05) is 0 Å². The molecule has 1 aromatic carbocycles. The van der Waals surface area contributed by atoms with E-state index in [1.165, 1.54) is 0 Å². The molecule has 2 fully saturated rings. The zero-order valence-electron chi connectivity index (χ0n) is 15.3. The van der Waals surface area contributed by atoms with Crippen LogP contribution < -0.4 is 4.74 Å². The molecule has 0 bridgehead atoms. The minimum Gasteiger partial charge on any atom is -0.462 e. The molecule has 0 saturated carbocycles. The zero-order valence-corrected chi connectivity index (χ0v) is 15.3. The predicted molar refractivity (Wildman–Crippen MR) is 93.5 cm³/mol. The number of aliphatic hydroxyl groups is 7. The van der Waals surface area contributed by atoms with Gasteiger partial charge in [-0.3, -0.25) is 0 Å². The minimum atomic E-state index is -1.73. The zero-order chi connectivity index (χ0) is 21.1. The van der Waals surface area contributed by atoms with Crippen LogP contribution in [0.5, 0.6) is 5.75 Å². The van der Waals surface area contributed by atoms with E-state index in [9.17, 15) is 35.7 Å². The van der Waals surface area contributed by atoms with Gasteiger partial charge in [-0.1, -0.05) is 18.2 Å². The quantitative estimate of drug-likeness (QED) is 0.246. The van der Waals surface area contributed by atoms with Crippen molar-refractivity contribution in [3.8, 4) is 5.75 Å². The van der Waals surface area contributed by atoms with Crippen LogP contribution in [0.4, 0.5) is 0 Å². The van der Waals surface area contributed by atoms with E-state index in [-0.39, 0.29) is 0 Å². The molecule has 164 valence electrons. The van der Waals surface area contributed by atoms with Crippen LogP contribution >= 0.6 is 0 Å². The fourth-order valence-corrected chi connectivity index (χ4v) is 3.28. The van der Waals surface area contributed by atoms with Crippen molar-refractivity contribution in [3.05, 3.63) is 30.3 Å². The second kappa shape index (κ2) is 9.62. The molecular weight excluding hydrogens is 392 g/mol. The van der Waals surface area contributed by atoms with Crippen molar-refractivity contribution in [2.45, 2.75) is 61.4 Å². The summed E-state index contributed by atoms with van der Waals surface area (Å²) in [6.45, 7) is -1.28. The van der Waals surface area contributed by atoms with Crippen LogP contribution in [-0.2, 0) is 14.2 Å². The molecule has 2 heterocycles. The lowest BCUT2D eigenvalue weighted by molar-refractivity contribution is -0.352. The number of aliphatic hydroxyl groups excluding tert-OH is 7. The Morgan fingerprint density at radius 2 is 1.28 bits per heavy atom. The number of para-hydroxylation sites is 1. The summed E-state index contributed by atoms with van der Waals surface area (Å²) in [7, 11) is 0. The van der Waals surface area contributed by atoms with Crippen molar-refractivity contribution in [1.82, 2.24) is 0 Å². The molecule has 29 heavy (non-hydrogen) atoms. The smallest absolute Gasteiger partial charge is 0.229 e. The van der Waals surface area contributed by atoms with E-state index in [0.717, 1.165) is 0 Å². The normalized spacial score (nSPS) is 43.1. The van der Waals surface area contributed by atoms with Crippen molar-refractivity contribution >= 4 is 0 Å². The molecule has 0 aliphatic carbocycles. The highest BCUT2D eigenvalue weighted by molar-refractivity contribution is 5.21. The van der Waals surface area contributed by atoms with Gasteiger partial charge in [0.05, 0.1) is 13.2 Å². The summed E-state index contributed by atoms with van der Waals surface area (Å²) in [5.41, 5.74) is 0. The second-order valence-corrected chi connectivity index (χ2v) is 6.94. The van der Waals surface area contributed by atoms with Crippen LogP contribution in [0.15, 0.2) is 30.3 Å². The fraction of sp³-hybridized carbons (Fsp3) is 0.667.